The van der Waals surface area contributed by atoms with Crippen LogP contribution < -0.4 is 14.4 Å². The topological polar surface area (TPSA) is 105 Å². The predicted octanol–water partition coefficient (Wildman–Crippen LogP) is 1.24. The van der Waals surface area contributed by atoms with Crippen LogP contribution in [0.25, 0.3) is 0 Å². The highest BCUT2D eigenvalue weighted by molar-refractivity contribution is 7.89. The predicted molar refractivity (Wildman–Crippen MR) is 122 cm³/mol. The molecule has 1 unspecified atom stereocenters. The summed E-state index contributed by atoms with van der Waals surface area (Å²) in [7, 11) is -0.733. The highest BCUT2D eigenvalue weighted by Crippen LogP contribution is 2.31. The lowest BCUT2D eigenvalue weighted by molar-refractivity contribution is -0.137. The van der Waals surface area contributed by atoms with Gasteiger partial charge in [-0.15, -0.1) is 0 Å². The monoisotopic (exact) mass is 475 g/mol. The molecule has 0 saturated carbocycles. The first-order valence-corrected chi connectivity index (χ1v) is 12.4. The van der Waals surface area contributed by atoms with Gasteiger partial charge in [-0.25, -0.2) is 13.4 Å². The highest BCUT2D eigenvalue weighted by Gasteiger charge is 2.34. The van der Waals surface area contributed by atoms with E-state index in [0.717, 1.165) is 25.2 Å². The number of anilines is 1. The van der Waals surface area contributed by atoms with Crippen LogP contribution in [0.3, 0.4) is 0 Å². The van der Waals surface area contributed by atoms with Crippen LogP contribution in [0.2, 0.25) is 0 Å². The molecule has 2 aromatic rings. The van der Waals surface area contributed by atoms with E-state index >= 15 is 0 Å². The summed E-state index contributed by atoms with van der Waals surface area (Å²) in [4.78, 5) is 25.7. The van der Waals surface area contributed by atoms with Crippen LogP contribution >= 0.6 is 0 Å². The number of carbonyl (C=O) groups excluding carboxylic acids is 1. The number of rotatable bonds is 6. The normalized spacial score (nSPS) is 19.9. The molecular weight excluding hydrogens is 446 g/mol. The molecular formula is C22H29N5O5S. The molecule has 1 aromatic carbocycles. The van der Waals surface area contributed by atoms with Gasteiger partial charge in [-0.05, 0) is 25.0 Å². The first kappa shape index (κ1) is 23.2. The van der Waals surface area contributed by atoms with Crippen molar-refractivity contribution in [3.8, 4) is 11.5 Å². The Bertz CT molecular complexity index is 1070. The van der Waals surface area contributed by atoms with Crippen molar-refractivity contribution in [3.05, 3.63) is 36.8 Å². The summed E-state index contributed by atoms with van der Waals surface area (Å²) in [6.45, 7) is 2.69. The first-order chi connectivity index (χ1) is 15.9. The van der Waals surface area contributed by atoms with Gasteiger partial charge in [-0.2, -0.15) is 4.31 Å². The summed E-state index contributed by atoms with van der Waals surface area (Å²) < 4.78 is 38.1. The summed E-state index contributed by atoms with van der Waals surface area (Å²) >= 11 is 0. The maximum Gasteiger partial charge on any atom is 0.243 e. The number of ether oxygens (including phenoxy) is 2. The number of hydrogen-bond acceptors (Lipinski definition) is 8. The second-order valence-electron chi connectivity index (χ2n) is 8.09. The van der Waals surface area contributed by atoms with Gasteiger partial charge >= 0.3 is 0 Å². The Hall–Kier alpha value is -2.92. The molecule has 0 bridgehead atoms. The van der Waals surface area contributed by atoms with E-state index in [4.69, 9.17) is 9.47 Å². The molecule has 2 aliphatic heterocycles. The maximum atomic E-state index is 13.2. The number of carbonyl (C=O) groups is 1. The van der Waals surface area contributed by atoms with E-state index in [-0.39, 0.29) is 29.8 Å². The number of sulfonamides is 1. The summed E-state index contributed by atoms with van der Waals surface area (Å²) in [6.07, 6.45) is 6.72. The van der Waals surface area contributed by atoms with Gasteiger partial charge in [-0.1, -0.05) is 0 Å². The molecule has 4 rings (SSSR count). The number of benzene rings is 1. The van der Waals surface area contributed by atoms with Crippen molar-refractivity contribution in [2.45, 2.75) is 17.7 Å². The van der Waals surface area contributed by atoms with E-state index in [1.165, 1.54) is 30.7 Å². The molecule has 2 fully saturated rings. The van der Waals surface area contributed by atoms with Crippen molar-refractivity contribution in [3.63, 3.8) is 0 Å². The van der Waals surface area contributed by atoms with Crippen molar-refractivity contribution in [2.75, 3.05) is 58.4 Å². The van der Waals surface area contributed by atoms with E-state index in [1.807, 2.05) is 0 Å². The van der Waals surface area contributed by atoms with Crippen LogP contribution in [0.4, 0.5) is 5.82 Å². The van der Waals surface area contributed by atoms with Gasteiger partial charge in [0, 0.05) is 57.7 Å². The van der Waals surface area contributed by atoms with Crippen LogP contribution in [0.15, 0.2) is 41.7 Å². The summed E-state index contributed by atoms with van der Waals surface area (Å²) in [5.74, 6) is 1.55. The third-order valence-electron chi connectivity index (χ3n) is 6.19. The minimum atomic E-state index is -3.70. The molecule has 0 aliphatic carbocycles. The number of hydrogen-bond donors (Lipinski definition) is 0. The van der Waals surface area contributed by atoms with E-state index in [1.54, 1.807) is 29.6 Å². The van der Waals surface area contributed by atoms with Crippen molar-refractivity contribution in [1.29, 1.82) is 0 Å². The Morgan fingerprint density at radius 2 is 1.79 bits per heavy atom. The fourth-order valence-electron chi connectivity index (χ4n) is 4.37. The lowest BCUT2D eigenvalue weighted by Gasteiger charge is -2.38. The SMILES string of the molecule is COc1ccc(S(=O)(=O)N2CCN(C(=O)C3CCCN(c4cnccn4)C3)CC2)cc1OC. The Kier molecular flexibility index (Phi) is 6.99. The molecule has 1 aromatic heterocycles. The summed E-state index contributed by atoms with van der Waals surface area (Å²) in [5, 5.41) is 0. The number of piperazine rings is 1. The smallest absolute Gasteiger partial charge is 0.243 e. The zero-order valence-electron chi connectivity index (χ0n) is 18.9. The van der Waals surface area contributed by atoms with Crippen LogP contribution in [-0.4, -0.2) is 87.0 Å². The first-order valence-electron chi connectivity index (χ1n) is 11.0. The minimum absolute atomic E-state index is 0.0757. The average molecular weight is 476 g/mol. The molecule has 1 amide bonds. The van der Waals surface area contributed by atoms with Gasteiger partial charge in [0.25, 0.3) is 0 Å². The van der Waals surface area contributed by atoms with Crippen LogP contribution in [0.5, 0.6) is 11.5 Å². The van der Waals surface area contributed by atoms with Gasteiger partial charge in [0.05, 0.1) is 31.2 Å². The Labute approximate surface area is 194 Å². The van der Waals surface area contributed by atoms with Crippen molar-refractivity contribution in [1.82, 2.24) is 19.2 Å². The lowest BCUT2D eigenvalue weighted by Crippen LogP contribution is -2.53. The van der Waals surface area contributed by atoms with Gasteiger partial charge < -0.3 is 19.3 Å². The Balaban J connectivity index is 1.38. The zero-order valence-corrected chi connectivity index (χ0v) is 19.7. The minimum Gasteiger partial charge on any atom is -0.493 e. The largest absolute Gasteiger partial charge is 0.493 e. The quantitative estimate of drug-likeness (QED) is 0.615. The molecule has 11 heteroatoms. The lowest BCUT2D eigenvalue weighted by atomic mass is 9.96. The molecule has 178 valence electrons. The Morgan fingerprint density at radius 3 is 2.45 bits per heavy atom. The second-order valence-corrected chi connectivity index (χ2v) is 10.0. The molecule has 10 nitrogen and oxygen atoms in total. The average Bonchev–Trinajstić information content (AvgIpc) is 2.88. The van der Waals surface area contributed by atoms with E-state index in [2.05, 4.69) is 14.9 Å². The standard InChI is InChI=1S/C22H29N5O5S/c1-31-19-6-5-18(14-20(19)32-2)33(29,30)27-12-10-25(11-13-27)22(28)17-4-3-9-26(16-17)21-15-23-7-8-24-21/h5-8,14-15,17H,3-4,9-13,16H2,1-2H3. The van der Waals surface area contributed by atoms with E-state index in [0.29, 0.717) is 31.1 Å². The molecule has 0 spiro atoms. The maximum absolute atomic E-state index is 13.2. The highest BCUT2D eigenvalue weighted by atomic mass is 32.2. The summed E-state index contributed by atoms with van der Waals surface area (Å²) in [5.41, 5.74) is 0. The number of aromatic nitrogens is 2. The third-order valence-corrected chi connectivity index (χ3v) is 8.08. The van der Waals surface area contributed by atoms with Crippen LogP contribution in [0, 0.1) is 5.92 Å². The fraction of sp³-hybridized carbons (Fsp3) is 0.500. The van der Waals surface area contributed by atoms with Crippen LogP contribution in [-0.2, 0) is 14.8 Å². The van der Waals surface area contributed by atoms with E-state index < -0.39 is 10.0 Å². The van der Waals surface area contributed by atoms with Crippen molar-refractivity contribution in [2.24, 2.45) is 5.92 Å². The fourth-order valence-corrected chi connectivity index (χ4v) is 5.81. The molecule has 1 atom stereocenters. The van der Waals surface area contributed by atoms with Crippen LogP contribution in [0.1, 0.15) is 12.8 Å². The number of piperidine rings is 1. The third kappa shape index (κ3) is 4.88. The molecule has 2 aliphatic rings. The zero-order chi connectivity index (χ0) is 23.4. The molecule has 0 N–H and O–H groups in total. The molecule has 3 heterocycles. The van der Waals surface area contributed by atoms with E-state index in [9.17, 15) is 13.2 Å². The molecule has 2 saturated heterocycles. The van der Waals surface area contributed by atoms with Gasteiger partial charge in [0.15, 0.2) is 11.5 Å². The number of methoxy groups -OCH3 is 2. The molecule has 0 radical (unpaired) electrons. The number of nitrogens with zero attached hydrogens (tertiary/aromatic N) is 5. The van der Waals surface area contributed by atoms with Gasteiger partial charge in [0.2, 0.25) is 15.9 Å². The summed E-state index contributed by atoms with van der Waals surface area (Å²) in [6, 6.07) is 4.56. The Morgan fingerprint density at radius 1 is 1.03 bits per heavy atom. The van der Waals surface area contributed by atoms with Gasteiger partial charge in [-0.3, -0.25) is 9.78 Å². The van der Waals surface area contributed by atoms with Crippen molar-refractivity contribution >= 4 is 21.7 Å². The molecule has 33 heavy (non-hydrogen) atoms. The number of amides is 1. The second kappa shape index (κ2) is 9.92. The van der Waals surface area contributed by atoms with Gasteiger partial charge in [0.1, 0.15) is 5.82 Å². The van der Waals surface area contributed by atoms with Crippen molar-refractivity contribution < 1.29 is 22.7 Å².